The molecule has 1 amide bonds. The van der Waals surface area contributed by atoms with E-state index in [-0.39, 0.29) is 25.3 Å². The first-order valence-corrected chi connectivity index (χ1v) is 6.40. The van der Waals surface area contributed by atoms with E-state index in [0.29, 0.717) is 5.56 Å². The maximum Gasteiger partial charge on any atom is 0.256 e. The standard InChI is InChI=1S/C15H19FN2O3/c1-18(9-12(19)10-21-2)15(20)13-6-5-11(4-3-7-17)8-14(13)16/h5-6,8,12,19H,7,9-10,17H2,1-2H3. The Morgan fingerprint density at radius 3 is 2.86 bits per heavy atom. The first-order valence-electron chi connectivity index (χ1n) is 6.40. The zero-order valence-corrected chi connectivity index (χ0v) is 12.1. The van der Waals surface area contributed by atoms with Crippen LogP contribution in [0.25, 0.3) is 0 Å². The van der Waals surface area contributed by atoms with E-state index < -0.39 is 17.8 Å². The highest BCUT2D eigenvalue weighted by Gasteiger charge is 2.18. The SMILES string of the molecule is COCC(O)CN(C)C(=O)c1ccc(C#CCN)cc1F. The van der Waals surface area contributed by atoms with Crippen molar-refractivity contribution in [2.24, 2.45) is 5.73 Å². The summed E-state index contributed by atoms with van der Waals surface area (Å²) < 4.78 is 18.7. The number of benzene rings is 1. The summed E-state index contributed by atoms with van der Waals surface area (Å²) in [5.74, 6) is 4.14. The van der Waals surface area contributed by atoms with Gasteiger partial charge >= 0.3 is 0 Å². The van der Waals surface area contributed by atoms with Crippen molar-refractivity contribution in [3.63, 3.8) is 0 Å². The second kappa shape index (κ2) is 8.37. The molecule has 0 aliphatic rings. The molecule has 1 unspecified atom stereocenters. The minimum atomic E-state index is -0.818. The van der Waals surface area contributed by atoms with E-state index in [1.54, 1.807) is 6.07 Å². The van der Waals surface area contributed by atoms with Crippen LogP contribution in [-0.4, -0.2) is 55.9 Å². The Balaban J connectivity index is 2.82. The molecule has 1 atom stereocenters. The van der Waals surface area contributed by atoms with E-state index in [4.69, 9.17) is 10.5 Å². The van der Waals surface area contributed by atoms with Gasteiger partial charge in [0, 0.05) is 26.3 Å². The number of likely N-dealkylation sites (N-methyl/N-ethyl adjacent to an activating group) is 1. The number of aliphatic hydroxyl groups is 1. The van der Waals surface area contributed by atoms with Crippen molar-refractivity contribution in [1.82, 2.24) is 4.90 Å². The van der Waals surface area contributed by atoms with Crippen LogP contribution in [0.5, 0.6) is 0 Å². The Bertz CT molecular complexity index is 552. The summed E-state index contributed by atoms with van der Waals surface area (Å²) in [4.78, 5) is 13.4. The molecule has 0 radical (unpaired) electrons. The van der Waals surface area contributed by atoms with Gasteiger partial charge in [-0.15, -0.1) is 0 Å². The molecule has 0 saturated heterocycles. The molecule has 0 aromatic heterocycles. The summed E-state index contributed by atoms with van der Waals surface area (Å²) in [6.07, 6.45) is -0.818. The molecular formula is C15H19FN2O3. The topological polar surface area (TPSA) is 75.8 Å². The van der Waals surface area contributed by atoms with E-state index in [1.807, 2.05) is 0 Å². The number of methoxy groups -OCH3 is 1. The number of aliphatic hydroxyl groups excluding tert-OH is 1. The van der Waals surface area contributed by atoms with Crippen LogP contribution < -0.4 is 5.73 Å². The van der Waals surface area contributed by atoms with Gasteiger partial charge < -0.3 is 20.5 Å². The fraction of sp³-hybridized carbons (Fsp3) is 0.400. The van der Waals surface area contributed by atoms with Crippen molar-refractivity contribution >= 4 is 5.91 Å². The van der Waals surface area contributed by atoms with Crippen molar-refractivity contribution in [2.45, 2.75) is 6.10 Å². The third-order valence-electron chi connectivity index (χ3n) is 2.72. The van der Waals surface area contributed by atoms with Crippen molar-refractivity contribution in [1.29, 1.82) is 0 Å². The van der Waals surface area contributed by atoms with E-state index in [2.05, 4.69) is 11.8 Å². The van der Waals surface area contributed by atoms with Gasteiger partial charge in [-0.2, -0.15) is 0 Å². The Morgan fingerprint density at radius 2 is 2.29 bits per heavy atom. The highest BCUT2D eigenvalue weighted by atomic mass is 19.1. The number of carbonyl (C=O) groups is 1. The highest BCUT2D eigenvalue weighted by Crippen LogP contribution is 2.12. The van der Waals surface area contributed by atoms with Gasteiger partial charge in [0.1, 0.15) is 5.82 Å². The summed E-state index contributed by atoms with van der Waals surface area (Å²) in [7, 11) is 2.94. The number of rotatable bonds is 5. The number of halogens is 1. The number of nitrogens with zero attached hydrogens (tertiary/aromatic N) is 1. The third-order valence-corrected chi connectivity index (χ3v) is 2.72. The molecule has 0 aliphatic heterocycles. The second-order valence-corrected chi connectivity index (χ2v) is 4.50. The van der Waals surface area contributed by atoms with Crippen LogP contribution >= 0.6 is 0 Å². The first kappa shape index (κ1) is 17.1. The van der Waals surface area contributed by atoms with Gasteiger partial charge in [-0.05, 0) is 18.2 Å². The monoisotopic (exact) mass is 294 g/mol. The van der Waals surface area contributed by atoms with E-state index in [1.165, 1.54) is 31.2 Å². The predicted octanol–water partition coefficient (Wildman–Crippen LogP) is 0.215. The van der Waals surface area contributed by atoms with Crippen molar-refractivity contribution in [3.05, 3.63) is 35.1 Å². The number of carbonyl (C=O) groups excluding carboxylic acids is 1. The fourth-order valence-corrected chi connectivity index (χ4v) is 1.77. The van der Waals surface area contributed by atoms with Crippen molar-refractivity contribution in [3.8, 4) is 11.8 Å². The fourth-order valence-electron chi connectivity index (χ4n) is 1.77. The number of hydrogen-bond acceptors (Lipinski definition) is 4. The molecule has 0 heterocycles. The lowest BCUT2D eigenvalue weighted by molar-refractivity contribution is 0.0378. The van der Waals surface area contributed by atoms with Crippen molar-refractivity contribution < 1.29 is 19.0 Å². The summed E-state index contributed by atoms with van der Waals surface area (Å²) in [6, 6.07) is 4.12. The molecule has 1 aromatic carbocycles. The molecule has 3 N–H and O–H groups in total. The summed E-state index contributed by atoms with van der Waals surface area (Å²) in [5.41, 5.74) is 5.63. The van der Waals surface area contributed by atoms with Crippen LogP contribution in [0.3, 0.4) is 0 Å². The lowest BCUT2D eigenvalue weighted by Gasteiger charge is -2.20. The Hall–Kier alpha value is -1.94. The average molecular weight is 294 g/mol. The van der Waals surface area contributed by atoms with Crippen LogP contribution in [0, 0.1) is 17.7 Å². The lowest BCUT2D eigenvalue weighted by atomic mass is 10.1. The van der Waals surface area contributed by atoms with Gasteiger partial charge in [-0.3, -0.25) is 4.79 Å². The molecule has 114 valence electrons. The van der Waals surface area contributed by atoms with Crippen molar-refractivity contribution in [2.75, 3.05) is 33.9 Å². The Kier molecular flexibility index (Phi) is 6.82. The molecule has 0 spiro atoms. The molecule has 0 saturated carbocycles. The smallest absolute Gasteiger partial charge is 0.256 e. The molecule has 0 bridgehead atoms. The second-order valence-electron chi connectivity index (χ2n) is 4.50. The minimum absolute atomic E-state index is 0.0564. The predicted molar refractivity (Wildman–Crippen MR) is 77.2 cm³/mol. The molecule has 1 rings (SSSR count). The van der Waals surface area contributed by atoms with Gasteiger partial charge in [0.2, 0.25) is 0 Å². The first-order chi connectivity index (χ1) is 9.99. The van der Waals surface area contributed by atoms with Gasteiger partial charge in [-0.1, -0.05) is 11.8 Å². The van der Waals surface area contributed by atoms with Gasteiger partial charge in [0.25, 0.3) is 5.91 Å². The largest absolute Gasteiger partial charge is 0.389 e. The average Bonchev–Trinajstić information content (AvgIpc) is 2.44. The van der Waals surface area contributed by atoms with Gasteiger partial charge in [0.05, 0.1) is 24.8 Å². The maximum absolute atomic E-state index is 13.9. The number of ether oxygens (including phenoxy) is 1. The van der Waals surface area contributed by atoms with Crippen LogP contribution in [-0.2, 0) is 4.74 Å². The Labute approximate surface area is 123 Å². The Morgan fingerprint density at radius 1 is 1.57 bits per heavy atom. The normalized spacial score (nSPS) is 11.5. The van der Waals surface area contributed by atoms with Crippen LogP contribution in [0.15, 0.2) is 18.2 Å². The number of amides is 1. The third kappa shape index (κ3) is 5.16. The zero-order valence-electron chi connectivity index (χ0n) is 12.1. The quantitative estimate of drug-likeness (QED) is 0.762. The summed E-state index contributed by atoms with van der Waals surface area (Å²) >= 11 is 0. The maximum atomic E-state index is 13.9. The molecule has 5 nitrogen and oxygen atoms in total. The van der Waals surface area contributed by atoms with Crippen LogP contribution in [0.1, 0.15) is 15.9 Å². The van der Waals surface area contributed by atoms with Gasteiger partial charge in [-0.25, -0.2) is 4.39 Å². The van der Waals surface area contributed by atoms with E-state index >= 15 is 0 Å². The van der Waals surface area contributed by atoms with Gasteiger partial charge in [0.15, 0.2) is 0 Å². The van der Waals surface area contributed by atoms with E-state index in [0.717, 1.165) is 0 Å². The molecule has 6 heteroatoms. The minimum Gasteiger partial charge on any atom is -0.389 e. The van der Waals surface area contributed by atoms with E-state index in [9.17, 15) is 14.3 Å². The highest BCUT2D eigenvalue weighted by molar-refractivity contribution is 5.94. The summed E-state index contributed by atoms with van der Waals surface area (Å²) in [6.45, 7) is 0.344. The molecular weight excluding hydrogens is 275 g/mol. The summed E-state index contributed by atoms with van der Waals surface area (Å²) in [5, 5.41) is 9.58. The zero-order chi connectivity index (χ0) is 15.8. The van der Waals surface area contributed by atoms with Crippen LogP contribution in [0.4, 0.5) is 4.39 Å². The van der Waals surface area contributed by atoms with Crippen LogP contribution in [0.2, 0.25) is 0 Å². The molecule has 0 fully saturated rings. The molecule has 0 aliphatic carbocycles. The lowest BCUT2D eigenvalue weighted by Crippen LogP contribution is -2.36. The molecule has 1 aromatic rings. The number of nitrogens with two attached hydrogens (primary N) is 1. The number of hydrogen-bond donors (Lipinski definition) is 2. The molecule has 21 heavy (non-hydrogen) atoms.